The summed E-state index contributed by atoms with van der Waals surface area (Å²) >= 11 is 0. The average Bonchev–Trinajstić information content (AvgIpc) is 2.64. The van der Waals surface area contributed by atoms with Crippen LogP contribution in [0, 0.1) is 5.92 Å². The maximum atomic E-state index is 6.43. The Morgan fingerprint density at radius 3 is 2.12 bits per heavy atom. The van der Waals surface area contributed by atoms with Gasteiger partial charge >= 0.3 is 0 Å². The van der Waals surface area contributed by atoms with Crippen molar-refractivity contribution in [3.63, 3.8) is 0 Å². The van der Waals surface area contributed by atoms with E-state index in [1.165, 1.54) is 69.8 Å². The maximum Gasteiger partial charge on any atom is 0.200 e. The average molecular weight is 348 g/mol. The molecule has 0 heterocycles. The summed E-state index contributed by atoms with van der Waals surface area (Å²) < 4.78 is 12.7. The van der Waals surface area contributed by atoms with Crippen LogP contribution in [0.25, 0.3) is 0 Å². The SMILES string of the molecule is PCc1ccc(OC(CC2CCCCC2)OC2CCCCC2)cc1. The third kappa shape index (κ3) is 5.74. The molecule has 2 unspecified atom stereocenters. The Bertz CT molecular complexity index is 441. The smallest absolute Gasteiger partial charge is 0.200 e. The van der Waals surface area contributed by atoms with E-state index >= 15 is 0 Å². The minimum Gasteiger partial charge on any atom is -0.465 e. The standard InChI is InChI=1S/C21H33O2P/c24-16-18-11-13-20(14-12-18)23-21(15-17-7-3-1-4-8-17)22-19-9-5-2-6-10-19/h11-14,17,19,21H,1-10,15-16,24H2. The summed E-state index contributed by atoms with van der Waals surface area (Å²) in [5.74, 6) is 1.73. The minimum atomic E-state index is -0.0712. The van der Waals surface area contributed by atoms with E-state index in [1.807, 2.05) is 0 Å². The summed E-state index contributed by atoms with van der Waals surface area (Å²) in [4.78, 5) is 0. The van der Waals surface area contributed by atoms with Gasteiger partial charge in [-0.15, -0.1) is 9.24 Å². The summed E-state index contributed by atoms with van der Waals surface area (Å²) in [6.07, 6.45) is 15.6. The lowest BCUT2D eigenvalue weighted by Crippen LogP contribution is -2.31. The van der Waals surface area contributed by atoms with E-state index in [0.717, 1.165) is 24.3 Å². The van der Waals surface area contributed by atoms with E-state index in [4.69, 9.17) is 9.47 Å². The molecule has 0 saturated heterocycles. The van der Waals surface area contributed by atoms with Crippen LogP contribution in [0.3, 0.4) is 0 Å². The fraction of sp³-hybridized carbons (Fsp3) is 0.714. The largest absolute Gasteiger partial charge is 0.465 e. The van der Waals surface area contributed by atoms with Crippen LogP contribution in [0.15, 0.2) is 24.3 Å². The quantitative estimate of drug-likeness (QED) is 0.439. The fourth-order valence-electron chi connectivity index (χ4n) is 4.10. The molecule has 1 aromatic rings. The van der Waals surface area contributed by atoms with Gasteiger partial charge in [-0.2, -0.15) is 0 Å². The highest BCUT2D eigenvalue weighted by Crippen LogP contribution is 2.31. The van der Waals surface area contributed by atoms with E-state index in [0.29, 0.717) is 6.10 Å². The summed E-state index contributed by atoms with van der Waals surface area (Å²) in [6.45, 7) is 0. The van der Waals surface area contributed by atoms with Crippen LogP contribution >= 0.6 is 9.24 Å². The van der Waals surface area contributed by atoms with Crippen LogP contribution in [0.1, 0.15) is 76.2 Å². The van der Waals surface area contributed by atoms with Gasteiger partial charge in [-0.25, -0.2) is 0 Å². The first-order valence-corrected chi connectivity index (χ1v) is 10.8. The minimum absolute atomic E-state index is 0.0712. The summed E-state index contributed by atoms with van der Waals surface area (Å²) in [5, 5.41) is 0. The number of hydrogen-bond donors (Lipinski definition) is 0. The Hall–Kier alpha value is -0.590. The van der Waals surface area contributed by atoms with Crippen LogP contribution in [0.5, 0.6) is 5.75 Å². The molecule has 0 spiro atoms. The van der Waals surface area contributed by atoms with E-state index in [-0.39, 0.29) is 6.29 Å². The van der Waals surface area contributed by atoms with Crippen LogP contribution in [-0.2, 0) is 10.9 Å². The number of ether oxygens (including phenoxy) is 2. The molecule has 2 aliphatic carbocycles. The van der Waals surface area contributed by atoms with Gasteiger partial charge in [0.25, 0.3) is 0 Å². The Morgan fingerprint density at radius 1 is 0.875 bits per heavy atom. The highest BCUT2D eigenvalue weighted by Gasteiger charge is 2.25. The third-order valence-electron chi connectivity index (χ3n) is 5.57. The monoisotopic (exact) mass is 348 g/mol. The highest BCUT2D eigenvalue weighted by molar-refractivity contribution is 7.15. The van der Waals surface area contributed by atoms with Crippen molar-refractivity contribution in [3.05, 3.63) is 29.8 Å². The van der Waals surface area contributed by atoms with Crippen LogP contribution < -0.4 is 4.74 Å². The lowest BCUT2D eigenvalue weighted by Gasteiger charge is -2.31. The Labute approximate surface area is 149 Å². The van der Waals surface area contributed by atoms with Gasteiger partial charge in [-0.05, 0) is 42.6 Å². The second-order valence-electron chi connectivity index (χ2n) is 7.53. The zero-order valence-corrected chi connectivity index (χ0v) is 16.1. The molecular formula is C21H33O2P. The summed E-state index contributed by atoms with van der Waals surface area (Å²) in [7, 11) is 2.77. The molecular weight excluding hydrogens is 315 g/mol. The van der Waals surface area contributed by atoms with Gasteiger partial charge in [0.05, 0.1) is 6.10 Å². The van der Waals surface area contributed by atoms with Crippen molar-refractivity contribution in [1.29, 1.82) is 0 Å². The van der Waals surface area contributed by atoms with Crippen molar-refractivity contribution in [2.45, 2.75) is 89.2 Å². The van der Waals surface area contributed by atoms with Gasteiger partial charge in [0, 0.05) is 6.42 Å². The molecule has 2 saturated carbocycles. The maximum absolute atomic E-state index is 6.43. The van der Waals surface area contributed by atoms with E-state index in [1.54, 1.807) is 0 Å². The molecule has 24 heavy (non-hydrogen) atoms. The molecule has 2 atom stereocenters. The summed E-state index contributed by atoms with van der Waals surface area (Å²) in [6, 6.07) is 8.50. The molecule has 0 amide bonds. The van der Waals surface area contributed by atoms with Gasteiger partial charge in [-0.3, -0.25) is 0 Å². The van der Waals surface area contributed by atoms with Gasteiger partial charge in [0.1, 0.15) is 5.75 Å². The molecule has 1 aromatic carbocycles. The molecule has 0 aromatic heterocycles. The Kier molecular flexibility index (Phi) is 7.42. The molecule has 0 N–H and O–H groups in total. The lowest BCUT2D eigenvalue weighted by molar-refractivity contribution is -0.138. The molecule has 0 radical (unpaired) electrons. The van der Waals surface area contributed by atoms with E-state index in [2.05, 4.69) is 33.5 Å². The van der Waals surface area contributed by atoms with Crippen molar-refractivity contribution >= 4 is 9.24 Å². The second kappa shape index (κ2) is 9.78. The molecule has 2 nitrogen and oxygen atoms in total. The number of benzene rings is 1. The zero-order chi connectivity index (χ0) is 16.6. The predicted molar refractivity (Wildman–Crippen MR) is 103 cm³/mol. The van der Waals surface area contributed by atoms with Crippen molar-refractivity contribution in [2.24, 2.45) is 5.92 Å². The van der Waals surface area contributed by atoms with Crippen molar-refractivity contribution in [1.82, 2.24) is 0 Å². The molecule has 2 fully saturated rings. The number of rotatable bonds is 7. The first kappa shape index (κ1) is 18.2. The van der Waals surface area contributed by atoms with Crippen molar-refractivity contribution in [3.8, 4) is 5.75 Å². The van der Waals surface area contributed by atoms with E-state index < -0.39 is 0 Å². The van der Waals surface area contributed by atoms with Gasteiger partial charge in [0.15, 0.2) is 6.29 Å². The van der Waals surface area contributed by atoms with Crippen LogP contribution in [0.2, 0.25) is 0 Å². The van der Waals surface area contributed by atoms with Gasteiger partial charge < -0.3 is 9.47 Å². The van der Waals surface area contributed by atoms with Gasteiger partial charge in [-0.1, -0.05) is 63.5 Å². The molecule has 0 aliphatic heterocycles. The van der Waals surface area contributed by atoms with Crippen molar-refractivity contribution < 1.29 is 9.47 Å². The fourth-order valence-corrected chi connectivity index (χ4v) is 4.37. The summed E-state index contributed by atoms with van der Waals surface area (Å²) in [5.41, 5.74) is 1.32. The first-order valence-electron chi connectivity index (χ1n) is 9.94. The lowest BCUT2D eigenvalue weighted by atomic mass is 9.87. The topological polar surface area (TPSA) is 18.5 Å². The molecule has 0 bridgehead atoms. The molecule has 134 valence electrons. The molecule has 3 heteroatoms. The first-order chi connectivity index (χ1) is 11.8. The predicted octanol–water partition coefficient (Wildman–Crippen LogP) is 6.09. The van der Waals surface area contributed by atoms with Crippen LogP contribution in [0.4, 0.5) is 0 Å². The normalized spacial score (nSPS) is 21.5. The highest BCUT2D eigenvalue weighted by atomic mass is 31.0. The Balaban J connectivity index is 1.60. The second-order valence-corrected chi connectivity index (χ2v) is 7.94. The molecule has 2 aliphatic rings. The van der Waals surface area contributed by atoms with Crippen molar-refractivity contribution in [2.75, 3.05) is 0 Å². The van der Waals surface area contributed by atoms with Gasteiger partial charge in [0.2, 0.25) is 0 Å². The zero-order valence-electron chi connectivity index (χ0n) is 14.9. The van der Waals surface area contributed by atoms with E-state index in [9.17, 15) is 0 Å². The number of hydrogen-bond acceptors (Lipinski definition) is 2. The third-order valence-corrected chi connectivity index (χ3v) is 6.04. The van der Waals surface area contributed by atoms with Crippen LogP contribution in [-0.4, -0.2) is 12.4 Å². The molecule has 3 rings (SSSR count). The Morgan fingerprint density at radius 2 is 1.50 bits per heavy atom.